The van der Waals surface area contributed by atoms with Gasteiger partial charge in [-0.25, -0.2) is 0 Å². The summed E-state index contributed by atoms with van der Waals surface area (Å²) in [6.45, 7) is 8.88. The smallest absolute Gasteiger partial charge is 0.241 e. The summed E-state index contributed by atoms with van der Waals surface area (Å²) in [5.41, 5.74) is 3.20. The number of halogens is 1. The van der Waals surface area contributed by atoms with Crippen LogP contribution >= 0.6 is 22.6 Å². The van der Waals surface area contributed by atoms with Gasteiger partial charge in [-0.05, 0) is 83.8 Å². The summed E-state index contributed by atoms with van der Waals surface area (Å²) in [7, 11) is 0. The maximum absolute atomic E-state index is 12.6. The molecule has 1 aliphatic heterocycles. The number of rotatable bonds is 5. The van der Waals surface area contributed by atoms with Crippen LogP contribution in [0, 0.1) is 9.49 Å². The van der Waals surface area contributed by atoms with Crippen molar-refractivity contribution >= 4 is 34.2 Å². The van der Waals surface area contributed by atoms with Gasteiger partial charge < -0.3 is 9.84 Å². The molecule has 0 bridgehead atoms. The van der Waals surface area contributed by atoms with E-state index in [-0.39, 0.29) is 17.2 Å². The van der Waals surface area contributed by atoms with Gasteiger partial charge in [0.1, 0.15) is 0 Å². The predicted octanol–water partition coefficient (Wildman–Crippen LogP) is 5.49. The van der Waals surface area contributed by atoms with Crippen LogP contribution < -0.4 is 5.32 Å². The van der Waals surface area contributed by atoms with E-state index in [2.05, 4.69) is 75.9 Å². The van der Waals surface area contributed by atoms with E-state index < -0.39 is 0 Å². The number of piperidine rings is 1. The molecule has 0 saturated carbocycles. The summed E-state index contributed by atoms with van der Waals surface area (Å²) in [6.07, 6.45) is 1.65. The average molecular weight is 544 g/mol. The van der Waals surface area contributed by atoms with Crippen LogP contribution in [0.2, 0.25) is 0 Å². The number of anilines is 1. The summed E-state index contributed by atoms with van der Waals surface area (Å²) in [4.78, 5) is 19.4. The fourth-order valence-corrected chi connectivity index (χ4v) is 4.24. The van der Waals surface area contributed by atoms with Gasteiger partial charge in [-0.15, -0.1) is 0 Å². The van der Waals surface area contributed by atoms with Gasteiger partial charge >= 0.3 is 0 Å². The highest BCUT2D eigenvalue weighted by atomic mass is 127. The Morgan fingerprint density at radius 1 is 1.09 bits per heavy atom. The number of hydrogen-bond donors (Lipinski definition) is 1. The van der Waals surface area contributed by atoms with Gasteiger partial charge in [-0.1, -0.05) is 50.2 Å². The van der Waals surface area contributed by atoms with Crippen LogP contribution in [0.15, 0.2) is 53.1 Å². The number of carbonyl (C=O) groups excluding carboxylic acids is 1. The monoisotopic (exact) mass is 544 g/mol. The van der Waals surface area contributed by atoms with Gasteiger partial charge in [0.15, 0.2) is 0 Å². The maximum atomic E-state index is 12.6. The molecule has 4 rings (SSSR count). The van der Waals surface area contributed by atoms with E-state index >= 15 is 0 Å². The summed E-state index contributed by atoms with van der Waals surface area (Å²) in [5, 5.41) is 7.20. The third kappa shape index (κ3) is 5.75. The Bertz CT molecular complexity index is 1050. The van der Waals surface area contributed by atoms with E-state index in [1.807, 2.05) is 36.4 Å². The molecule has 1 saturated heterocycles. The Hall–Kier alpha value is -2.26. The van der Waals surface area contributed by atoms with Crippen molar-refractivity contribution in [2.24, 2.45) is 5.92 Å². The Labute approximate surface area is 202 Å². The van der Waals surface area contributed by atoms with Gasteiger partial charge in [-0.3, -0.25) is 9.69 Å². The van der Waals surface area contributed by atoms with Gasteiger partial charge in [0.05, 0.1) is 6.54 Å². The molecule has 32 heavy (non-hydrogen) atoms. The first-order chi connectivity index (χ1) is 15.3. The third-order valence-electron chi connectivity index (χ3n) is 5.91. The molecule has 1 aromatic heterocycles. The second kappa shape index (κ2) is 9.70. The first-order valence-electron chi connectivity index (χ1n) is 11.0. The van der Waals surface area contributed by atoms with Crippen molar-refractivity contribution in [1.82, 2.24) is 15.0 Å². The van der Waals surface area contributed by atoms with E-state index in [9.17, 15) is 4.79 Å². The average Bonchev–Trinajstić information content (AvgIpc) is 3.24. The summed E-state index contributed by atoms with van der Waals surface area (Å²) in [6, 6.07) is 16.2. The van der Waals surface area contributed by atoms with Gasteiger partial charge in [0.2, 0.25) is 17.6 Å². The summed E-state index contributed by atoms with van der Waals surface area (Å²) < 4.78 is 6.65. The minimum atomic E-state index is 0.0325. The molecular formula is C25H29IN4O2. The second-order valence-electron chi connectivity index (χ2n) is 9.39. The van der Waals surface area contributed by atoms with Crippen LogP contribution in [-0.2, 0) is 16.8 Å². The minimum absolute atomic E-state index is 0.0325. The van der Waals surface area contributed by atoms with Crippen LogP contribution in [0.5, 0.6) is 0 Å². The molecule has 1 amide bonds. The Morgan fingerprint density at radius 3 is 2.38 bits per heavy atom. The first-order valence-corrected chi connectivity index (χ1v) is 12.1. The molecule has 1 aliphatic rings. The number of aromatic nitrogens is 2. The lowest BCUT2D eigenvalue weighted by Gasteiger charge is -2.30. The molecule has 7 heteroatoms. The number of nitrogens with zero attached hydrogens (tertiary/aromatic N) is 3. The van der Waals surface area contributed by atoms with Gasteiger partial charge in [0.25, 0.3) is 0 Å². The van der Waals surface area contributed by atoms with Crippen LogP contribution in [0.25, 0.3) is 11.4 Å². The summed E-state index contributed by atoms with van der Waals surface area (Å²) >= 11 is 2.26. The first kappa shape index (κ1) is 22.9. The van der Waals surface area contributed by atoms with E-state index in [1.54, 1.807) is 0 Å². The Morgan fingerprint density at radius 2 is 1.75 bits per heavy atom. The molecule has 2 aromatic carbocycles. The molecule has 0 atom stereocenters. The number of benzene rings is 2. The minimum Gasteiger partial charge on any atom is -0.338 e. The standard InChI is InChI=1S/C25H29IN4O2/c1-25(2,3)19-6-4-17(5-7-19)23-28-22(32-29-23)16-30-14-12-18(13-15-30)24(31)27-21-10-8-20(26)9-11-21/h4-11,18H,12-16H2,1-3H3,(H,27,31). The van der Waals surface area contributed by atoms with Crippen molar-refractivity contribution in [2.45, 2.75) is 45.6 Å². The van der Waals surface area contributed by atoms with Gasteiger partial charge in [-0.2, -0.15) is 4.98 Å². The number of likely N-dealkylation sites (tertiary alicyclic amines) is 1. The lowest BCUT2D eigenvalue weighted by molar-refractivity contribution is -0.121. The van der Waals surface area contributed by atoms with Crippen LogP contribution in [0.4, 0.5) is 5.69 Å². The maximum Gasteiger partial charge on any atom is 0.241 e. The zero-order valence-corrected chi connectivity index (χ0v) is 20.9. The zero-order chi connectivity index (χ0) is 22.7. The topological polar surface area (TPSA) is 71.3 Å². The predicted molar refractivity (Wildman–Crippen MR) is 134 cm³/mol. The molecule has 0 spiro atoms. The quantitative estimate of drug-likeness (QED) is 0.431. The fourth-order valence-electron chi connectivity index (χ4n) is 3.88. The van der Waals surface area contributed by atoms with Crippen molar-refractivity contribution in [3.05, 3.63) is 63.6 Å². The zero-order valence-electron chi connectivity index (χ0n) is 18.8. The normalized spacial score (nSPS) is 15.6. The van der Waals surface area contributed by atoms with Crippen LogP contribution in [0.1, 0.15) is 45.1 Å². The third-order valence-corrected chi connectivity index (χ3v) is 6.63. The van der Waals surface area contributed by atoms with Gasteiger partial charge in [0, 0.05) is 20.7 Å². The molecule has 3 aromatic rings. The highest BCUT2D eigenvalue weighted by molar-refractivity contribution is 14.1. The number of amides is 1. The van der Waals surface area contributed by atoms with Crippen molar-refractivity contribution in [2.75, 3.05) is 18.4 Å². The second-order valence-corrected chi connectivity index (χ2v) is 10.6. The number of carbonyl (C=O) groups is 1. The lowest BCUT2D eigenvalue weighted by Crippen LogP contribution is -2.37. The van der Waals surface area contributed by atoms with Crippen LogP contribution in [-0.4, -0.2) is 34.0 Å². The highest BCUT2D eigenvalue weighted by Crippen LogP contribution is 2.26. The molecule has 0 aliphatic carbocycles. The van der Waals surface area contributed by atoms with Crippen molar-refractivity contribution in [3.63, 3.8) is 0 Å². The molecule has 168 valence electrons. The molecule has 0 unspecified atom stereocenters. The summed E-state index contributed by atoms with van der Waals surface area (Å²) in [5.74, 6) is 1.36. The van der Waals surface area contributed by atoms with E-state index in [1.165, 1.54) is 5.56 Å². The van der Waals surface area contributed by atoms with Crippen LogP contribution in [0.3, 0.4) is 0 Å². The Kier molecular flexibility index (Phi) is 6.95. The fraction of sp³-hybridized carbons (Fsp3) is 0.400. The molecule has 2 heterocycles. The molecule has 1 N–H and O–H groups in total. The highest BCUT2D eigenvalue weighted by Gasteiger charge is 2.26. The number of nitrogens with one attached hydrogen (secondary N) is 1. The van der Waals surface area contributed by atoms with E-state index in [4.69, 9.17) is 4.52 Å². The Balaban J connectivity index is 1.29. The molecule has 1 fully saturated rings. The van der Waals surface area contributed by atoms with Crippen molar-refractivity contribution in [1.29, 1.82) is 0 Å². The van der Waals surface area contributed by atoms with Crippen molar-refractivity contribution < 1.29 is 9.32 Å². The van der Waals surface area contributed by atoms with E-state index in [0.29, 0.717) is 18.3 Å². The SMILES string of the molecule is CC(C)(C)c1ccc(-c2noc(CN3CCC(C(=O)Nc4ccc(I)cc4)CC3)n2)cc1. The molecule has 0 radical (unpaired) electrons. The van der Waals surface area contributed by atoms with E-state index in [0.717, 1.165) is 40.8 Å². The lowest BCUT2D eigenvalue weighted by atomic mass is 9.87. The number of hydrogen-bond acceptors (Lipinski definition) is 5. The molecular weight excluding hydrogens is 515 g/mol. The largest absolute Gasteiger partial charge is 0.338 e. The van der Waals surface area contributed by atoms with Crippen molar-refractivity contribution in [3.8, 4) is 11.4 Å². The molecule has 6 nitrogen and oxygen atoms in total.